The van der Waals surface area contributed by atoms with Gasteiger partial charge in [-0.3, -0.25) is 0 Å². The predicted molar refractivity (Wildman–Crippen MR) is 53.1 cm³/mol. The van der Waals surface area contributed by atoms with E-state index in [4.69, 9.17) is 0 Å². The Hall–Kier alpha value is 0. The molecule has 2 aliphatic rings. The maximum atomic E-state index is 2.43. The molecule has 0 amide bonds. The van der Waals surface area contributed by atoms with E-state index in [0.717, 1.165) is 11.3 Å². The van der Waals surface area contributed by atoms with Gasteiger partial charge in [0.2, 0.25) is 0 Å². The van der Waals surface area contributed by atoms with E-state index in [9.17, 15) is 0 Å². The molecule has 2 fully saturated rings. The van der Waals surface area contributed by atoms with E-state index >= 15 is 0 Å². The van der Waals surface area contributed by atoms with Crippen LogP contribution in [-0.4, -0.2) is 0 Å². The van der Waals surface area contributed by atoms with Gasteiger partial charge in [0, 0.05) is 0 Å². The third-order valence-corrected chi connectivity index (χ3v) is 4.09. The molecule has 70 valence electrons. The Kier molecular flexibility index (Phi) is 1.79. The first-order valence-corrected chi connectivity index (χ1v) is 5.55. The first-order valence-electron chi connectivity index (χ1n) is 5.55. The molecule has 1 atom stereocenters. The Morgan fingerprint density at radius 3 is 2.08 bits per heavy atom. The van der Waals surface area contributed by atoms with Crippen molar-refractivity contribution < 1.29 is 0 Å². The fourth-order valence-corrected chi connectivity index (χ4v) is 3.42. The predicted octanol–water partition coefficient (Wildman–Crippen LogP) is 4.00. The maximum absolute atomic E-state index is 2.43. The van der Waals surface area contributed by atoms with Gasteiger partial charge in [-0.05, 0) is 42.4 Å². The molecule has 2 aliphatic carbocycles. The Balaban J connectivity index is 2.12. The molecule has 0 saturated heterocycles. The van der Waals surface area contributed by atoms with Gasteiger partial charge in [0.25, 0.3) is 0 Å². The maximum Gasteiger partial charge on any atom is -0.0264 e. The lowest BCUT2D eigenvalue weighted by Gasteiger charge is -2.41. The molecule has 0 aromatic rings. The summed E-state index contributed by atoms with van der Waals surface area (Å²) < 4.78 is 0. The van der Waals surface area contributed by atoms with E-state index in [-0.39, 0.29) is 0 Å². The van der Waals surface area contributed by atoms with E-state index in [0.29, 0.717) is 5.41 Å². The second-order valence-corrected chi connectivity index (χ2v) is 6.03. The van der Waals surface area contributed by atoms with Gasteiger partial charge in [-0.15, -0.1) is 0 Å². The van der Waals surface area contributed by atoms with Crippen LogP contribution in [0, 0.1) is 16.7 Å². The van der Waals surface area contributed by atoms with Crippen molar-refractivity contribution in [3.8, 4) is 0 Å². The van der Waals surface area contributed by atoms with Crippen molar-refractivity contribution in [1.82, 2.24) is 0 Å². The summed E-state index contributed by atoms with van der Waals surface area (Å²) in [5.41, 5.74) is 1.40. The number of hydrogen-bond acceptors (Lipinski definition) is 0. The molecule has 0 aromatic carbocycles. The van der Waals surface area contributed by atoms with Gasteiger partial charge in [-0.2, -0.15) is 0 Å². The highest BCUT2D eigenvalue weighted by Crippen LogP contribution is 2.63. The summed E-state index contributed by atoms with van der Waals surface area (Å²) in [4.78, 5) is 0. The molecule has 0 N–H and O–H groups in total. The molecule has 0 nitrogen and oxygen atoms in total. The van der Waals surface area contributed by atoms with Crippen molar-refractivity contribution in [2.75, 3.05) is 0 Å². The fraction of sp³-hybridized carbons (Fsp3) is 1.00. The van der Waals surface area contributed by atoms with Crippen LogP contribution in [0.4, 0.5) is 0 Å². The largest absolute Gasteiger partial charge is 0.0599 e. The van der Waals surface area contributed by atoms with E-state index in [1.807, 2.05) is 0 Å². The highest BCUT2D eigenvalue weighted by molar-refractivity contribution is 5.03. The van der Waals surface area contributed by atoms with Gasteiger partial charge < -0.3 is 0 Å². The molecule has 0 heterocycles. The molecule has 0 bridgehead atoms. The van der Waals surface area contributed by atoms with Crippen LogP contribution in [0.1, 0.15) is 59.3 Å². The summed E-state index contributed by atoms with van der Waals surface area (Å²) in [6.07, 6.45) is 9.11. The molecular weight excluding hydrogens is 144 g/mol. The monoisotopic (exact) mass is 166 g/mol. The Morgan fingerprint density at radius 2 is 1.67 bits per heavy atom. The van der Waals surface area contributed by atoms with Crippen molar-refractivity contribution >= 4 is 0 Å². The van der Waals surface area contributed by atoms with Crippen molar-refractivity contribution in [2.45, 2.75) is 59.3 Å². The highest BCUT2D eigenvalue weighted by Gasteiger charge is 2.53. The van der Waals surface area contributed by atoms with Gasteiger partial charge in [0.15, 0.2) is 0 Å². The molecule has 0 aliphatic heterocycles. The van der Waals surface area contributed by atoms with Crippen molar-refractivity contribution in [3.05, 3.63) is 0 Å². The topological polar surface area (TPSA) is 0 Å². The van der Waals surface area contributed by atoms with Gasteiger partial charge in [0.05, 0.1) is 0 Å². The van der Waals surface area contributed by atoms with E-state index < -0.39 is 0 Å². The standard InChI is InChI=1S/C12H22/c1-11(2,3)10-6-4-5-7-12(10)8-9-12/h10H,4-9H2,1-3H3/t10-/m1/s1. The van der Waals surface area contributed by atoms with Crippen LogP contribution in [0.25, 0.3) is 0 Å². The van der Waals surface area contributed by atoms with E-state index in [1.165, 1.54) is 38.5 Å². The van der Waals surface area contributed by atoms with Crippen LogP contribution in [-0.2, 0) is 0 Å². The quantitative estimate of drug-likeness (QED) is 0.510. The summed E-state index contributed by atoms with van der Waals surface area (Å²) >= 11 is 0. The van der Waals surface area contributed by atoms with Crippen LogP contribution < -0.4 is 0 Å². The fourth-order valence-electron chi connectivity index (χ4n) is 3.42. The minimum atomic E-state index is 0.566. The van der Waals surface area contributed by atoms with Crippen molar-refractivity contribution in [1.29, 1.82) is 0 Å². The molecule has 0 aromatic heterocycles. The first-order chi connectivity index (χ1) is 5.55. The normalized spacial score (nSPS) is 33.8. The molecule has 0 unspecified atom stereocenters. The lowest BCUT2D eigenvalue weighted by atomic mass is 9.64. The van der Waals surface area contributed by atoms with Crippen LogP contribution in [0.3, 0.4) is 0 Å². The number of hydrogen-bond donors (Lipinski definition) is 0. The average molecular weight is 166 g/mol. The third kappa shape index (κ3) is 1.30. The Morgan fingerprint density at radius 1 is 1.00 bits per heavy atom. The van der Waals surface area contributed by atoms with Crippen LogP contribution >= 0.6 is 0 Å². The van der Waals surface area contributed by atoms with Crippen LogP contribution in [0.15, 0.2) is 0 Å². The zero-order chi connectivity index (χ0) is 8.82. The second-order valence-electron chi connectivity index (χ2n) is 6.03. The summed E-state index contributed by atoms with van der Waals surface area (Å²) in [6, 6.07) is 0. The van der Waals surface area contributed by atoms with Gasteiger partial charge >= 0.3 is 0 Å². The summed E-state index contributed by atoms with van der Waals surface area (Å²) in [5, 5.41) is 0. The summed E-state index contributed by atoms with van der Waals surface area (Å²) in [6.45, 7) is 7.30. The van der Waals surface area contributed by atoms with Gasteiger partial charge in [-0.1, -0.05) is 33.6 Å². The number of rotatable bonds is 0. The minimum absolute atomic E-state index is 0.566. The molecule has 12 heavy (non-hydrogen) atoms. The summed E-state index contributed by atoms with van der Waals surface area (Å²) in [5.74, 6) is 1.03. The lowest BCUT2D eigenvalue weighted by molar-refractivity contribution is 0.0901. The molecular formula is C12H22. The van der Waals surface area contributed by atoms with Crippen molar-refractivity contribution in [2.24, 2.45) is 16.7 Å². The highest BCUT2D eigenvalue weighted by atomic mass is 14.6. The zero-order valence-electron chi connectivity index (χ0n) is 8.82. The average Bonchev–Trinajstić information content (AvgIpc) is 2.68. The van der Waals surface area contributed by atoms with E-state index in [1.54, 1.807) is 0 Å². The molecule has 0 heteroatoms. The zero-order valence-corrected chi connectivity index (χ0v) is 8.82. The minimum Gasteiger partial charge on any atom is -0.0599 e. The van der Waals surface area contributed by atoms with Gasteiger partial charge in [-0.25, -0.2) is 0 Å². The lowest BCUT2D eigenvalue weighted by Crippen LogP contribution is -2.32. The van der Waals surface area contributed by atoms with Gasteiger partial charge in [0.1, 0.15) is 0 Å². The SMILES string of the molecule is CC(C)(C)[C@H]1CCCCC12CC2. The Bertz CT molecular complexity index is 169. The summed E-state index contributed by atoms with van der Waals surface area (Å²) in [7, 11) is 0. The van der Waals surface area contributed by atoms with E-state index in [2.05, 4.69) is 20.8 Å². The van der Waals surface area contributed by atoms with Crippen LogP contribution in [0.2, 0.25) is 0 Å². The Labute approximate surface area is 76.7 Å². The second kappa shape index (κ2) is 2.49. The first kappa shape index (κ1) is 8.59. The molecule has 2 saturated carbocycles. The smallest absolute Gasteiger partial charge is 0.0264 e. The van der Waals surface area contributed by atoms with Crippen molar-refractivity contribution in [3.63, 3.8) is 0 Å². The third-order valence-electron chi connectivity index (χ3n) is 4.09. The van der Waals surface area contributed by atoms with Crippen LogP contribution in [0.5, 0.6) is 0 Å². The molecule has 2 rings (SSSR count). The molecule has 1 spiro atoms. The molecule has 0 radical (unpaired) electrons.